The molecule has 48 valence electrons. The van der Waals surface area contributed by atoms with E-state index in [-0.39, 0.29) is 0 Å². The minimum atomic E-state index is 1.50. The van der Waals surface area contributed by atoms with E-state index < -0.39 is 0 Å². The highest BCUT2D eigenvalue weighted by Gasteiger charge is 1.59. The molecule has 0 amide bonds. The first kappa shape index (κ1) is 7.82. The number of hydrogen-bond donors (Lipinski definition) is 0. The normalized spacial score (nSPS) is 6.78. The molecular weight excluding hydrogens is 112 g/mol. The molecule has 0 N–H and O–H groups in total. The minimum Gasteiger partial charge on any atom is -0.245 e. The highest BCUT2D eigenvalue weighted by atomic mass is 14.8. The monoisotopic (exact) mass is 122 g/mol. The average Bonchev–Trinajstić information content (AvgIpc) is 1.93. The van der Waals surface area contributed by atoms with E-state index in [9.17, 15) is 0 Å². The summed E-state index contributed by atoms with van der Waals surface area (Å²) >= 11 is 0. The van der Waals surface area contributed by atoms with Crippen molar-refractivity contribution in [3.8, 4) is 0 Å². The van der Waals surface area contributed by atoms with Gasteiger partial charge in [-0.25, -0.2) is 9.97 Å². The lowest BCUT2D eigenvalue weighted by molar-refractivity contribution is 1.17. The third-order valence-corrected chi connectivity index (χ3v) is 0.478. The lowest BCUT2D eigenvalue weighted by Crippen LogP contribution is -1.66. The lowest BCUT2D eigenvalue weighted by Gasteiger charge is -1.70. The van der Waals surface area contributed by atoms with Crippen molar-refractivity contribution < 1.29 is 0 Å². The molecule has 0 fully saturated rings. The molecule has 0 spiro atoms. The summed E-state index contributed by atoms with van der Waals surface area (Å²) in [5.41, 5.74) is 0. The van der Waals surface area contributed by atoms with E-state index in [1.54, 1.807) is 24.5 Å². The molecule has 9 heavy (non-hydrogen) atoms. The fraction of sp³-hybridized carbons (Fsp3) is 0.143. The smallest absolute Gasteiger partial charge is 0.115 e. The molecule has 0 aliphatic heterocycles. The summed E-state index contributed by atoms with van der Waals surface area (Å²) in [6.45, 7) is 5.25. The van der Waals surface area contributed by atoms with Crippen LogP contribution in [-0.2, 0) is 0 Å². The van der Waals surface area contributed by atoms with Gasteiger partial charge in [-0.1, -0.05) is 6.08 Å². The SMILES string of the molecule is C=CC.c1cncnc1. The molecule has 2 nitrogen and oxygen atoms in total. The summed E-state index contributed by atoms with van der Waals surface area (Å²) in [5, 5.41) is 0. The van der Waals surface area contributed by atoms with Crippen LogP contribution in [-0.4, -0.2) is 9.97 Å². The molecule has 0 radical (unpaired) electrons. The number of allylic oxidation sites excluding steroid dienone is 1. The molecule has 0 saturated heterocycles. The van der Waals surface area contributed by atoms with E-state index in [0.29, 0.717) is 0 Å². The summed E-state index contributed by atoms with van der Waals surface area (Å²) < 4.78 is 0. The Kier molecular flexibility index (Phi) is 5.93. The Bertz CT molecular complexity index is 110. The van der Waals surface area contributed by atoms with Gasteiger partial charge in [0, 0.05) is 12.4 Å². The summed E-state index contributed by atoms with van der Waals surface area (Å²) in [5.74, 6) is 0. The average molecular weight is 122 g/mol. The van der Waals surface area contributed by atoms with Crippen molar-refractivity contribution in [2.45, 2.75) is 6.92 Å². The second-order valence-electron chi connectivity index (χ2n) is 1.31. The predicted molar refractivity (Wildman–Crippen MR) is 37.9 cm³/mol. The number of rotatable bonds is 0. The molecule has 1 rings (SSSR count). The predicted octanol–water partition coefficient (Wildman–Crippen LogP) is 1.67. The van der Waals surface area contributed by atoms with Gasteiger partial charge in [-0.15, -0.1) is 6.58 Å². The highest BCUT2D eigenvalue weighted by Crippen LogP contribution is 1.66. The molecule has 0 saturated carbocycles. The van der Waals surface area contributed by atoms with E-state index in [1.165, 1.54) is 6.33 Å². The van der Waals surface area contributed by atoms with Crippen LogP contribution in [0.25, 0.3) is 0 Å². The highest BCUT2D eigenvalue weighted by molar-refractivity contribution is 4.74. The van der Waals surface area contributed by atoms with Crippen molar-refractivity contribution in [1.29, 1.82) is 0 Å². The van der Waals surface area contributed by atoms with Gasteiger partial charge < -0.3 is 0 Å². The van der Waals surface area contributed by atoms with Gasteiger partial charge in [0.2, 0.25) is 0 Å². The second-order valence-corrected chi connectivity index (χ2v) is 1.31. The first-order chi connectivity index (χ1) is 4.41. The topological polar surface area (TPSA) is 25.8 Å². The van der Waals surface area contributed by atoms with Gasteiger partial charge in [0.1, 0.15) is 6.33 Å². The van der Waals surface area contributed by atoms with Gasteiger partial charge in [0.05, 0.1) is 0 Å². The van der Waals surface area contributed by atoms with Crippen LogP contribution in [0, 0.1) is 0 Å². The van der Waals surface area contributed by atoms with E-state index in [0.717, 1.165) is 0 Å². The first-order valence-electron chi connectivity index (χ1n) is 2.69. The maximum Gasteiger partial charge on any atom is 0.115 e. The zero-order chi connectivity index (χ0) is 6.95. The molecule has 0 atom stereocenters. The first-order valence-corrected chi connectivity index (χ1v) is 2.69. The Morgan fingerprint density at radius 3 is 1.89 bits per heavy atom. The number of nitrogens with zero attached hydrogens (tertiary/aromatic N) is 2. The van der Waals surface area contributed by atoms with Gasteiger partial charge in [0.15, 0.2) is 0 Å². The Morgan fingerprint density at radius 2 is 1.78 bits per heavy atom. The lowest BCUT2D eigenvalue weighted by atomic mass is 10.7. The van der Waals surface area contributed by atoms with Crippen LogP contribution < -0.4 is 0 Å². The molecule has 1 aromatic heterocycles. The zero-order valence-corrected chi connectivity index (χ0v) is 5.49. The summed E-state index contributed by atoms with van der Waals surface area (Å²) in [6.07, 6.45) is 6.62. The Hall–Kier alpha value is -1.18. The van der Waals surface area contributed by atoms with Crippen molar-refractivity contribution in [3.05, 3.63) is 37.4 Å². The fourth-order valence-corrected chi connectivity index (χ4v) is 0.253. The van der Waals surface area contributed by atoms with Crippen molar-refractivity contribution in [2.75, 3.05) is 0 Å². The van der Waals surface area contributed by atoms with E-state index in [4.69, 9.17) is 0 Å². The number of hydrogen-bond acceptors (Lipinski definition) is 2. The molecule has 0 unspecified atom stereocenters. The van der Waals surface area contributed by atoms with E-state index in [1.807, 2.05) is 6.92 Å². The molecule has 1 heterocycles. The van der Waals surface area contributed by atoms with Crippen molar-refractivity contribution in [1.82, 2.24) is 9.97 Å². The fourth-order valence-electron chi connectivity index (χ4n) is 0.253. The zero-order valence-electron chi connectivity index (χ0n) is 5.49. The Morgan fingerprint density at radius 1 is 1.33 bits per heavy atom. The quantitative estimate of drug-likeness (QED) is 0.489. The van der Waals surface area contributed by atoms with Crippen molar-refractivity contribution >= 4 is 0 Å². The van der Waals surface area contributed by atoms with Crippen LogP contribution in [0.1, 0.15) is 6.92 Å². The van der Waals surface area contributed by atoms with Gasteiger partial charge in [-0.05, 0) is 13.0 Å². The maximum absolute atomic E-state index is 3.67. The van der Waals surface area contributed by atoms with E-state index in [2.05, 4.69) is 16.5 Å². The van der Waals surface area contributed by atoms with Crippen LogP contribution in [0.4, 0.5) is 0 Å². The van der Waals surface area contributed by atoms with Crippen LogP contribution in [0.15, 0.2) is 37.4 Å². The van der Waals surface area contributed by atoms with Crippen LogP contribution in [0.3, 0.4) is 0 Å². The molecular formula is C7H10N2. The Labute approximate surface area is 55.3 Å². The maximum atomic E-state index is 3.67. The third-order valence-electron chi connectivity index (χ3n) is 0.478. The molecule has 1 aromatic rings. The molecule has 0 aromatic carbocycles. The summed E-state index contributed by atoms with van der Waals surface area (Å²) in [6, 6.07) is 1.78. The molecule has 0 aliphatic carbocycles. The summed E-state index contributed by atoms with van der Waals surface area (Å²) in [4.78, 5) is 7.35. The standard InChI is InChI=1S/C4H4N2.C3H6/c1-2-5-4-6-3-1;1-3-2/h1-4H;3H,1H2,2H3. The Balaban J connectivity index is 0.000000187. The minimum absolute atomic E-state index is 1.50. The molecule has 0 bridgehead atoms. The van der Waals surface area contributed by atoms with Gasteiger partial charge >= 0.3 is 0 Å². The second kappa shape index (κ2) is 6.82. The van der Waals surface area contributed by atoms with Crippen LogP contribution in [0.2, 0.25) is 0 Å². The third kappa shape index (κ3) is 6.82. The van der Waals surface area contributed by atoms with E-state index >= 15 is 0 Å². The molecule has 0 aliphatic rings. The molecule has 2 heteroatoms. The number of aromatic nitrogens is 2. The van der Waals surface area contributed by atoms with Gasteiger partial charge in [0.25, 0.3) is 0 Å². The summed E-state index contributed by atoms with van der Waals surface area (Å²) in [7, 11) is 0. The van der Waals surface area contributed by atoms with Crippen LogP contribution in [0.5, 0.6) is 0 Å². The van der Waals surface area contributed by atoms with Crippen molar-refractivity contribution in [2.24, 2.45) is 0 Å². The van der Waals surface area contributed by atoms with Gasteiger partial charge in [-0.3, -0.25) is 0 Å². The largest absolute Gasteiger partial charge is 0.245 e. The van der Waals surface area contributed by atoms with Crippen LogP contribution >= 0.6 is 0 Å². The van der Waals surface area contributed by atoms with Crippen molar-refractivity contribution in [3.63, 3.8) is 0 Å². The van der Waals surface area contributed by atoms with Gasteiger partial charge in [-0.2, -0.15) is 0 Å².